The van der Waals surface area contributed by atoms with E-state index in [-0.39, 0.29) is 18.1 Å². The fraction of sp³-hybridized carbons (Fsp3) is 0.286. The van der Waals surface area contributed by atoms with Crippen LogP contribution in [0.5, 0.6) is 0 Å². The number of nitrogens with zero attached hydrogens (tertiary/aromatic N) is 2. The predicted molar refractivity (Wildman–Crippen MR) is 101 cm³/mol. The molecule has 0 fully saturated rings. The molecule has 0 saturated heterocycles. The van der Waals surface area contributed by atoms with Crippen LogP contribution in [0, 0.1) is 5.82 Å². The van der Waals surface area contributed by atoms with Crippen molar-refractivity contribution in [2.45, 2.75) is 32.6 Å². The maximum Gasteiger partial charge on any atom is 0.227 e. The number of carbonyl (C=O) groups excluding carboxylic acids is 1. The second kappa shape index (κ2) is 9.07. The van der Waals surface area contributed by atoms with Crippen molar-refractivity contribution in [3.05, 3.63) is 71.4 Å². The van der Waals surface area contributed by atoms with Crippen LogP contribution in [0.3, 0.4) is 0 Å². The molecule has 0 saturated carbocycles. The van der Waals surface area contributed by atoms with Crippen LogP contribution in [0.2, 0.25) is 0 Å². The summed E-state index contributed by atoms with van der Waals surface area (Å²) in [5.74, 6) is 0.595. The highest BCUT2D eigenvalue weighted by atomic mass is 19.1. The van der Waals surface area contributed by atoms with Crippen molar-refractivity contribution in [3.8, 4) is 11.4 Å². The summed E-state index contributed by atoms with van der Waals surface area (Å²) < 4.78 is 18.3. The van der Waals surface area contributed by atoms with E-state index in [1.165, 1.54) is 17.7 Å². The van der Waals surface area contributed by atoms with E-state index in [2.05, 4.69) is 22.4 Å². The molecule has 0 aliphatic carbocycles. The van der Waals surface area contributed by atoms with Gasteiger partial charge in [-0.15, -0.1) is 0 Å². The predicted octanol–water partition coefficient (Wildman–Crippen LogP) is 3.73. The minimum atomic E-state index is -0.268. The van der Waals surface area contributed by atoms with Crippen molar-refractivity contribution in [2.75, 3.05) is 6.54 Å². The van der Waals surface area contributed by atoms with Crippen molar-refractivity contribution in [1.29, 1.82) is 0 Å². The second-order valence-corrected chi connectivity index (χ2v) is 6.29. The Hall–Kier alpha value is -3.02. The number of amides is 1. The summed E-state index contributed by atoms with van der Waals surface area (Å²) in [6.07, 6.45) is 2.21. The molecule has 0 aliphatic rings. The molecule has 0 spiro atoms. The summed E-state index contributed by atoms with van der Waals surface area (Å²) in [5, 5.41) is 6.80. The summed E-state index contributed by atoms with van der Waals surface area (Å²) in [7, 11) is 0. The molecule has 0 unspecified atom stereocenters. The van der Waals surface area contributed by atoms with Gasteiger partial charge in [0, 0.05) is 24.9 Å². The zero-order valence-corrected chi connectivity index (χ0v) is 15.2. The molecule has 0 aliphatic heterocycles. The summed E-state index contributed by atoms with van der Waals surface area (Å²) in [6.45, 7) is 2.56. The Balaban J connectivity index is 1.44. The van der Waals surface area contributed by atoms with E-state index in [0.29, 0.717) is 31.1 Å². The van der Waals surface area contributed by atoms with Gasteiger partial charge in [-0.3, -0.25) is 4.79 Å². The average Bonchev–Trinajstić information content (AvgIpc) is 3.16. The molecule has 1 N–H and O–H groups in total. The number of benzene rings is 2. The third-order valence-corrected chi connectivity index (χ3v) is 4.28. The summed E-state index contributed by atoms with van der Waals surface area (Å²) in [4.78, 5) is 16.3. The fourth-order valence-electron chi connectivity index (χ4n) is 2.71. The van der Waals surface area contributed by atoms with Gasteiger partial charge >= 0.3 is 0 Å². The quantitative estimate of drug-likeness (QED) is 0.659. The lowest BCUT2D eigenvalue weighted by atomic mass is 10.1. The molecule has 3 aromatic rings. The molecule has 6 heteroatoms. The Morgan fingerprint density at radius 2 is 1.93 bits per heavy atom. The van der Waals surface area contributed by atoms with Gasteiger partial charge in [0.2, 0.25) is 17.6 Å². The van der Waals surface area contributed by atoms with E-state index < -0.39 is 0 Å². The Bertz CT molecular complexity index is 890. The van der Waals surface area contributed by atoms with Crippen molar-refractivity contribution >= 4 is 5.91 Å². The number of carbonyl (C=O) groups is 1. The van der Waals surface area contributed by atoms with Crippen LogP contribution in [0.4, 0.5) is 4.39 Å². The van der Waals surface area contributed by atoms with E-state index >= 15 is 0 Å². The van der Waals surface area contributed by atoms with Crippen LogP contribution in [0.15, 0.2) is 53.1 Å². The second-order valence-electron chi connectivity index (χ2n) is 6.29. The summed E-state index contributed by atoms with van der Waals surface area (Å²) in [5.41, 5.74) is 2.99. The van der Waals surface area contributed by atoms with Gasteiger partial charge in [0.25, 0.3) is 0 Å². The maximum absolute atomic E-state index is 13.1. The number of hydrogen-bond acceptors (Lipinski definition) is 4. The molecule has 1 heterocycles. The molecular formula is C21H22FN3O2. The molecule has 140 valence electrons. The van der Waals surface area contributed by atoms with Gasteiger partial charge in [0.1, 0.15) is 5.82 Å². The first kappa shape index (κ1) is 18.8. The van der Waals surface area contributed by atoms with E-state index in [1.807, 2.05) is 30.3 Å². The van der Waals surface area contributed by atoms with Crippen LogP contribution in [0.25, 0.3) is 11.4 Å². The zero-order chi connectivity index (χ0) is 19.1. The number of hydrogen-bond donors (Lipinski definition) is 1. The Labute approximate surface area is 157 Å². The smallest absolute Gasteiger partial charge is 0.227 e. The Morgan fingerprint density at radius 3 is 2.67 bits per heavy atom. The minimum Gasteiger partial charge on any atom is -0.356 e. The van der Waals surface area contributed by atoms with Crippen LogP contribution in [-0.2, 0) is 24.1 Å². The lowest BCUT2D eigenvalue weighted by Crippen LogP contribution is -2.25. The Morgan fingerprint density at radius 1 is 1.11 bits per heavy atom. The highest BCUT2D eigenvalue weighted by Gasteiger charge is 2.10. The Kier molecular flexibility index (Phi) is 6.30. The van der Waals surface area contributed by atoms with E-state index in [9.17, 15) is 9.18 Å². The number of aryl methyl sites for hydroxylation is 2. The molecule has 0 radical (unpaired) electrons. The molecule has 27 heavy (non-hydrogen) atoms. The third-order valence-electron chi connectivity index (χ3n) is 4.28. The summed E-state index contributed by atoms with van der Waals surface area (Å²) in [6, 6.07) is 14.4. The molecule has 3 rings (SSSR count). The van der Waals surface area contributed by atoms with Gasteiger partial charge in [0.15, 0.2) is 0 Å². The van der Waals surface area contributed by atoms with Gasteiger partial charge in [-0.2, -0.15) is 4.98 Å². The van der Waals surface area contributed by atoms with E-state index in [0.717, 1.165) is 17.5 Å². The first-order chi connectivity index (χ1) is 13.1. The molecule has 2 aromatic carbocycles. The van der Waals surface area contributed by atoms with Gasteiger partial charge in [-0.25, -0.2) is 4.39 Å². The van der Waals surface area contributed by atoms with Crippen LogP contribution in [-0.4, -0.2) is 22.6 Å². The standard InChI is InChI=1S/C21H22FN3O2/c1-2-15-6-8-17(9-7-15)21-24-20(27-25-21)11-10-19(26)23-13-12-16-4-3-5-18(22)14-16/h3-9,14H,2,10-13H2,1H3,(H,23,26). The van der Waals surface area contributed by atoms with Crippen LogP contribution in [0.1, 0.15) is 30.4 Å². The number of aromatic nitrogens is 2. The first-order valence-corrected chi connectivity index (χ1v) is 9.07. The maximum atomic E-state index is 13.1. The summed E-state index contributed by atoms with van der Waals surface area (Å²) >= 11 is 0. The van der Waals surface area contributed by atoms with Crippen molar-refractivity contribution < 1.29 is 13.7 Å². The van der Waals surface area contributed by atoms with Crippen molar-refractivity contribution in [1.82, 2.24) is 15.5 Å². The molecule has 1 amide bonds. The number of halogens is 1. The average molecular weight is 367 g/mol. The molecule has 1 aromatic heterocycles. The molecule has 0 bridgehead atoms. The SMILES string of the molecule is CCc1ccc(-c2noc(CCC(=O)NCCc3cccc(F)c3)n2)cc1. The monoisotopic (exact) mass is 367 g/mol. The molecular weight excluding hydrogens is 345 g/mol. The number of nitrogens with one attached hydrogen (secondary N) is 1. The fourth-order valence-corrected chi connectivity index (χ4v) is 2.71. The van der Waals surface area contributed by atoms with E-state index in [1.54, 1.807) is 6.07 Å². The van der Waals surface area contributed by atoms with Gasteiger partial charge < -0.3 is 9.84 Å². The van der Waals surface area contributed by atoms with E-state index in [4.69, 9.17) is 4.52 Å². The molecule has 0 atom stereocenters. The van der Waals surface area contributed by atoms with Crippen molar-refractivity contribution in [2.24, 2.45) is 0 Å². The van der Waals surface area contributed by atoms with Gasteiger partial charge in [0.05, 0.1) is 0 Å². The topological polar surface area (TPSA) is 68.0 Å². The lowest BCUT2D eigenvalue weighted by Gasteiger charge is -2.04. The minimum absolute atomic E-state index is 0.0987. The first-order valence-electron chi connectivity index (χ1n) is 9.07. The van der Waals surface area contributed by atoms with Gasteiger partial charge in [-0.05, 0) is 36.1 Å². The molecule has 5 nitrogen and oxygen atoms in total. The van der Waals surface area contributed by atoms with Crippen LogP contribution < -0.4 is 5.32 Å². The largest absolute Gasteiger partial charge is 0.356 e. The third kappa shape index (κ3) is 5.48. The normalized spacial score (nSPS) is 10.7. The number of rotatable bonds is 8. The highest BCUT2D eigenvalue weighted by Crippen LogP contribution is 2.17. The zero-order valence-electron chi connectivity index (χ0n) is 15.2. The van der Waals surface area contributed by atoms with Crippen molar-refractivity contribution in [3.63, 3.8) is 0 Å². The van der Waals surface area contributed by atoms with Gasteiger partial charge in [-0.1, -0.05) is 48.5 Å². The highest BCUT2D eigenvalue weighted by molar-refractivity contribution is 5.76. The lowest BCUT2D eigenvalue weighted by molar-refractivity contribution is -0.121. The van der Waals surface area contributed by atoms with Crippen LogP contribution >= 0.6 is 0 Å².